The van der Waals surface area contributed by atoms with E-state index in [2.05, 4.69) is 5.32 Å². The molecule has 1 unspecified atom stereocenters. The summed E-state index contributed by atoms with van der Waals surface area (Å²) in [6.45, 7) is 1.96. The number of carbonyl (C=O) groups is 2. The lowest BCUT2D eigenvalue weighted by atomic mass is 10.1. The van der Waals surface area contributed by atoms with Gasteiger partial charge in [0, 0.05) is 10.0 Å². The van der Waals surface area contributed by atoms with E-state index in [4.69, 9.17) is 23.2 Å². The van der Waals surface area contributed by atoms with Crippen LogP contribution < -0.4 is 10.2 Å². The van der Waals surface area contributed by atoms with Gasteiger partial charge in [0.25, 0.3) is 5.91 Å². The number of urea groups is 1. The molecule has 6 heteroatoms. The molecule has 0 bridgehead atoms. The number of nitrogens with one attached hydrogen (secondary N) is 1. The van der Waals surface area contributed by atoms with E-state index in [1.807, 2.05) is 6.92 Å². The number of nitrogens with zero attached hydrogens (tertiary/aromatic N) is 1. The summed E-state index contributed by atoms with van der Waals surface area (Å²) in [6.07, 6.45) is 1.44. The molecule has 1 aliphatic heterocycles. The number of anilines is 1. The van der Waals surface area contributed by atoms with Crippen molar-refractivity contribution in [1.29, 1.82) is 0 Å². The van der Waals surface area contributed by atoms with Crippen molar-refractivity contribution < 1.29 is 9.59 Å². The van der Waals surface area contributed by atoms with Crippen molar-refractivity contribution in [2.24, 2.45) is 0 Å². The van der Waals surface area contributed by atoms with Crippen molar-refractivity contribution >= 4 is 40.8 Å². The van der Waals surface area contributed by atoms with Crippen molar-refractivity contribution in [3.63, 3.8) is 0 Å². The standard InChI is InChI=1S/C12H12Cl2N2O2/c1-2-3-10-11(17)16(12(18)15-10)9-5-7(13)4-8(14)6-9/h4-6,10H,2-3H2,1H3,(H,15,18). The van der Waals surface area contributed by atoms with Gasteiger partial charge < -0.3 is 5.32 Å². The minimum absolute atomic E-state index is 0.264. The van der Waals surface area contributed by atoms with Crippen LogP contribution >= 0.6 is 23.2 Å². The molecule has 1 atom stereocenters. The van der Waals surface area contributed by atoms with Gasteiger partial charge >= 0.3 is 6.03 Å². The van der Waals surface area contributed by atoms with Crippen molar-refractivity contribution in [3.8, 4) is 0 Å². The summed E-state index contributed by atoms with van der Waals surface area (Å²) in [4.78, 5) is 25.0. The van der Waals surface area contributed by atoms with Crippen LogP contribution in [0.2, 0.25) is 10.0 Å². The summed E-state index contributed by atoms with van der Waals surface area (Å²) in [5, 5.41) is 3.42. The van der Waals surface area contributed by atoms with E-state index in [1.54, 1.807) is 18.2 Å². The van der Waals surface area contributed by atoms with Gasteiger partial charge in [0.1, 0.15) is 6.04 Å². The molecule has 0 aliphatic carbocycles. The van der Waals surface area contributed by atoms with Crippen LogP contribution in [-0.4, -0.2) is 18.0 Å². The molecule has 96 valence electrons. The molecule has 0 aromatic heterocycles. The second-order valence-electron chi connectivity index (χ2n) is 4.09. The van der Waals surface area contributed by atoms with Crippen LogP contribution in [0, 0.1) is 0 Å². The number of carbonyl (C=O) groups excluding carboxylic acids is 2. The second-order valence-corrected chi connectivity index (χ2v) is 4.96. The van der Waals surface area contributed by atoms with Gasteiger partial charge in [0.05, 0.1) is 5.69 Å². The van der Waals surface area contributed by atoms with Gasteiger partial charge in [-0.3, -0.25) is 4.79 Å². The van der Waals surface area contributed by atoms with E-state index in [9.17, 15) is 9.59 Å². The maximum atomic E-state index is 12.1. The molecule has 1 heterocycles. The molecular weight excluding hydrogens is 275 g/mol. The van der Waals surface area contributed by atoms with Crippen molar-refractivity contribution in [2.45, 2.75) is 25.8 Å². The summed E-state index contributed by atoms with van der Waals surface area (Å²) in [7, 11) is 0. The fourth-order valence-electron chi connectivity index (χ4n) is 1.93. The normalized spacial score (nSPS) is 19.3. The largest absolute Gasteiger partial charge is 0.329 e. The Kier molecular flexibility index (Phi) is 3.78. The van der Waals surface area contributed by atoms with Crippen LogP contribution in [-0.2, 0) is 4.79 Å². The third-order valence-electron chi connectivity index (χ3n) is 2.70. The number of hydrogen-bond donors (Lipinski definition) is 1. The van der Waals surface area contributed by atoms with Crippen LogP contribution in [0.3, 0.4) is 0 Å². The first kappa shape index (κ1) is 13.2. The predicted molar refractivity (Wildman–Crippen MR) is 71.2 cm³/mol. The molecule has 2 rings (SSSR count). The van der Waals surface area contributed by atoms with E-state index < -0.39 is 12.1 Å². The maximum Gasteiger partial charge on any atom is 0.329 e. The zero-order valence-corrected chi connectivity index (χ0v) is 11.3. The molecular formula is C12H12Cl2N2O2. The molecule has 0 spiro atoms. The summed E-state index contributed by atoms with van der Waals surface area (Å²) < 4.78 is 0. The number of hydrogen-bond acceptors (Lipinski definition) is 2. The average molecular weight is 287 g/mol. The predicted octanol–water partition coefficient (Wildman–Crippen LogP) is 3.22. The minimum atomic E-state index is -0.458. The fourth-order valence-corrected chi connectivity index (χ4v) is 2.44. The summed E-state index contributed by atoms with van der Waals surface area (Å²) in [5.41, 5.74) is 0.397. The number of rotatable bonds is 3. The monoisotopic (exact) mass is 286 g/mol. The Bertz CT molecular complexity index is 485. The van der Waals surface area contributed by atoms with E-state index in [0.717, 1.165) is 11.3 Å². The van der Waals surface area contributed by atoms with Gasteiger partial charge in [-0.05, 0) is 24.6 Å². The van der Waals surface area contributed by atoms with Gasteiger partial charge in [-0.1, -0.05) is 36.5 Å². The molecule has 18 heavy (non-hydrogen) atoms. The van der Waals surface area contributed by atoms with Gasteiger partial charge in [-0.15, -0.1) is 0 Å². The van der Waals surface area contributed by atoms with E-state index in [0.29, 0.717) is 22.2 Å². The first-order valence-corrected chi connectivity index (χ1v) is 6.39. The van der Waals surface area contributed by atoms with Gasteiger partial charge in [0.15, 0.2) is 0 Å². The molecule has 0 saturated carbocycles. The zero-order chi connectivity index (χ0) is 13.3. The first-order chi connectivity index (χ1) is 8.52. The van der Waals surface area contributed by atoms with Crippen molar-refractivity contribution in [2.75, 3.05) is 4.90 Å². The smallest absolute Gasteiger partial charge is 0.325 e. The minimum Gasteiger partial charge on any atom is -0.325 e. The van der Waals surface area contributed by atoms with Gasteiger partial charge in [-0.2, -0.15) is 0 Å². The topological polar surface area (TPSA) is 49.4 Å². The van der Waals surface area contributed by atoms with Crippen LogP contribution in [0.4, 0.5) is 10.5 Å². The lowest BCUT2D eigenvalue weighted by Crippen LogP contribution is -2.31. The lowest BCUT2D eigenvalue weighted by Gasteiger charge is -2.13. The molecule has 3 amide bonds. The van der Waals surface area contributed by atoms with Crippen LogP contribution in [0.5, 0.6) is 0 Å². The lowest BCUT2D eigenvalue weighted by molar-refractivity contribution is -0.118. The molecule has 4 nitrogen and oxygen atoms in total. The molecule has 1 aromatic rings. The Morgan fingerprint density at radius 1 is 1.22 bits per heavy atom. The van der Waals surface area contributed by atoms with Crippen molar-refractivity contribution in [3.05, 3.63) is 28.2 Å². The average Bonchev–Trinajstić information content (AvgIpc) is 2.53. The number of benzene rings is 1. The Labute approximate surface area is 115 Å². The maximum absolute atomic E-state index is 12.1. The SMILES string of the molecule is CCCC1NC(=O)N(c2cc(Cl)cc(Cl)c2)C1=O. The molecule has 1 aromatic carbocycles. The molecule has 1 N–H and O–H groups in total. The quantitative estimate of drug-likeness (QED) is 0.868. The molecule has 1 saturated heterocycles. The third-order valence-corrected chi connectivity index (χ3v) is 3.14. The summed E-state index contributed by atoms with van der Waals surface area (Å²) >= 11 is 11.7. The zero-order valence-electron chi connectivity index (χ0n) is 9.74. The third kappa shape index (κ3) is 2.44. The number of halogens is 2. The van der Waals surface area contributed by atoms with E-state index >= 15 is 0 Å². The van der Waals surface area contributed by atoms with Crippen LogP contribution in [0.15, 0.2) is 18.2 Å². The van der Waals surface area contributed by atoms with Crippen LogP contribution in [0.1, 0.15) is 19.8 Å². The van der Waals surface area contributed by atoms with Gasteiger partial charge in [-0.25, -0.2) is 9.69 Å². The first-order valence-electron chi connectivity index (χ1n) is 5.63. The summed E-state index contributed by atoms with van der Waals surface area (Å²) in [6, 6.07) is 3.74. The molecule has 1 aliphatic rings. The Balaban J connectivity index is 2.32. The summed E-state index contributed by atoms with van der Waals surface area (Å²) in [5.74, 6) is -0.264. The van der Waals surface area contributed by atoms with E-state index in [1.165, 1.54) is 0 Å². The fraction of sp³-hybridized carbons (Fsp3) is 0.333. The number of imide groups is 1. The number of amides is 3. The van der Waals surface area contributed by atoms with E-state index in [-0.39, 0.29) is 5.91 Å². The highest BCUT2D eigenvalue weighted by Gasteiger charge is 2.38. The highest BCUT2D eigenvalue weighted by Crippen LogP contribution is 2.28. The van der Waals surface area contributed by atoms with Crippen molar-refractivity contribution in [1.82, 2.24) is 5.32 Å². The molecule has 0 radical (unpaired) electrons. The highest BCUT2D eigenvalue weighted by atomic mass is 35.5. The Morgan fingerprint density at radius 2 is 1.83 bits per heavy atom. The Hall–Kier alpha value is -1.26. The van der Waals surface area contributed by atoms with Crippen LogP contribution in [0.25, 0.3) is 0 Å². The Morgan fingerprint density at radius 3 is 2.39 bits per heavy atom. The second kappa shape index (κ2) is 5.16. The van der Waals surface area contributed by atoms with Gasteiger partial charge in [0.2, 0.25) is 0 Å². The highest BCUT2D eigenvalue weighted by molar-refractivity contribution is 6.35. The molecule has 1 fully saturated rings.